The highest BCUT2D eigenvalue weighted by atomic mass is 32.1. The van der Waals surface area contributed by atoms with Gasteiger partial charge in [0.2, 0.25) is 0 Å². The van der Waals surface area contributed by atoms with Gasteiger partial charge in [0.05, 0.1) is 11.7 Å². The average Bonchev–Trinajstić information content (AvgIpc) is 3.41. The Kier molecular flexibility index (Phi) is 5.04. The summed E-state index contributed by atoms with van der Waals surface area (Å²) in [6, 6.07) is 27.1. The molecular formula is C26H24N4S. The van der Waals surface area contributed by atoms with Crippen LogP contribution in [0.4, 0.5) is 5.69 Å². The summed E-state index contributed by atoms with van der Waals surface area (Å²) in [4.78, 5) is 6.86. The number of nitrogens with one attached hydrogen (secondary N) is 1. The molecule has 5 rings (SSSR count). The van der Waals surface area contributed by atoms with Crippen LogP contribution in [0.1, 0.15) is 34.6 Å². The van der Waals surface area contributed by atoms with E-state index in [1.54, 1.807) is 0 Å². The summed E-state index contributed by atoms with van der Waals surface area (Å²) in [7, 11) is 0. The van der Waals surface area contributed by atoms with Gasteiger partial charge in [0, 0.05) is 29.5 Å². The predicted molar refractivity (Wildman–Crippen MR) is 130 cm³/mol. The van der Waals surface area contributed by atoms with Crippen molar-refractivity contribution in [3.63, 3.8) is 0 Å². The van der Waals surface area contributed by atoms with Gasteiger partial charge in [-0.05, 0) is 85.7 Å². The average molecular weight is 425 g/mol. The molecule has 1 aliphatic heterocycles. The molecule has 31 heavy (non-hydrogen) atoms. The highest BCUT2D eigenvalue weighted by Gasteiger charge is 2.42. The van der Waals surface area contributed by atoms with Crippen molar-refractivity contribution in [1.82, 2.24) is 14.9 Å². The van der Waals surface area contributed by atoms with Crippen molar-refractivity contribution < 1.29 is 0 Å². The van der Waals surface area contributed by atoms with Crippen LogP contribution in [0.3, 0.4) is 0 Å². The molecule has 0 bridgehead atoms. The van der Waals surface area contributed by atoms with Gasteiger partial charge in [0.15, 0.2) is 5.11 Å². The number of para-hydroxylation sites is 1. The fourth-order valence-electron chi connectivity index (χ4n) is 4.27. The van der Waals surface area contributed by atoms with Gasteiger partial charge in [-0.2, -0.15) is 0 Å². The summed E-state index contributed by atoms with van der Waals surface area (Å²) in [6.07, 6.45) is 3.96. The van der Waals surface area contributed by atoms with Crippen LogP contribution in [-0.2, 0) is 0 Å². The Morgan fingerprint density at radius 2 is 1.65 bits per heavy atom. The Balaban J connectivity index is 1.67. The van der Waals surface area contributed by atoms with Gasteiger partial charge in [-0.25, -0.2) is 0 Å². The lowest BCUT2D eigenvalue weighted by atomic mass is 10.0. The molecule has 0 saturated carbocycles. The molecule has 1 N–H and O–H groups in total. The smallest absolute Gasteiger partial charge is 0.174 e. The number of hydrogen-bond donors (Lipinski definition) is 1. The van der Waals surface area contributed by atoms with Crippen LogP contribution in [0.25, 0.3) is 5.69 Å². The van der Waals surface area contributed by atoms with Crippen LogP contribution in [0, 0.1) is 13.8 Å². The topological polar surface area (TPSA) is 33.1 Å². The maximum absolute atomic E-state index is 5.83. The van der Waals surface area contributed by atoms with Crippen molar-refractivity contribution in [3.05, 3.63) is 114 Å². The minimum absolute atomic E-state index is 0.0404. The molecule has 2 aromatic heterocycles. The van der Waals surface area contributed by atoms with E-state index in [2.05, 4.69) is 88.3 Å². The van der Waals surface area contributed by atoms with Crippen molar-refractivity contribution in [2.75, 3.05) is 4.90 Å². The second-order valence-corrected chi connectivity index (χ2v) is 8.29. The van der Waals surface area contributed by atoms with Gasteiger partial charge in [0.25, 0.3) is 0 Å². The number of pyridine rings is 1. The maximum Gasteiger partial charge on any atom is 0.174 e. The van der Waals surface area contributed by atoms with E-state index in [1.165, 1.54) is 11.1 Å². The molecule has 4 nitrogen and oxygen atoms in total. The zero-order valence-corrected chi connectivity index (χ0v) is 18.4. The van der Waals surface area contributed by atoms with Crippen molar-refractivity contribution in [2.45, 2.75) is 25.9 Å². The fraction of sp³-hybridized carbons (Fsp3) is 0.154. The second kappa shape index (κ2) is 8.00. The van der Waals surface area contributed by atoms with E-state index < -0.39 is 0 Å². The van der Waals surface area contributed by atoms with Crippen molar-refractivity contribution in [1.29, 1.82) is 0 Å². The van der Waals surface area contributed by atoms with Gasteiger partial charge < -0.3 is 14.8 Å². The summed E-state index contributed by atoms with van der Waals surface area (Å²) >= 11 is 5.83. The Bertz CT molecular complexity index is 1220. The lowest BCUT2D eigenvalue weighted by Crippen LogP contribution is -2.30. The van der Waals surface area contributed by atoms with Gasteiger partial charge >= 0.3 is 0 Å². The molecule has 5 heteroatoms. The standard InChI is InChI=1S/C26H24N4S/c1-18-13-14-21(17-19(18)2)29-16-8-12-23(29)25-24(22-11-6-7-15-27-22)28-26(31)30(25)20-9-4-3-5-10-20/h3-17,24-25H,1-2H3,(H,28,31). The van der Waals surface area contributed by atoms with E-state index in [0.29, 0.717) is 5.11 Å². The molecule has 1 aliphatic rings. The number of aryl methyl sites for hydroxylation is 2. The van der Waals surface area contributed by atoms with E-state index in [1.807, 2.05) is 36.5 Å². The molecule has 2 unspecified atom stereocenters. The fourth-order valence-corrected chi connectivity index (χ4v) is 4.61. The van der Waals surface area contributed by atoms with Crippen LogP contribution in [0.5, 0.6) is 0 Å². The summed E-state index contributed by atoms with van der Waals surface area (Å²) in [5.74, 6) is 0. The minimum Gasteiger partial charge on any atom is -0.351 e. The highest BCUT2D eigenvalue weighted by molar-refractivity contribution is 7.80. The molecule has 4 aromatic rings. The quantitative estimate of drug-likeness (QED) is 0.428. The molecule has 0 aliphatic carbocycles. The van der Waals surface area contributed by atoms with Crippen LogP contribution >= 0.6 is 12.2 Å². The lowest BCUT2D eigenvalue weighted by Gasteiger charge is -2.29. The van der Waals surface area contributed by atoms with Gasteiger partial charge in [-0.3, -0.25) is 4.98 Å². The van der Waals surface area contributed by atoms with E-state index in [4.69, 9.17) is 12.2 Å². The van der Waals surface area contributed by atoms with E-state index in [0.717, 1.165) is 22.8 Å². The summed E-state index contributed by atoms with van der Waals surface area (Å²) in [6.45, 7) is 4.30. The minimum atomic E-state index is -0.0610. The highest BCUT2D eigenvalue weighted by Crippen LogP contribution is 2.42. The lowest BCUT2D eigenvalue weighted by molar-refractivity contribution is 0.549. The summed E-state index contributed by atoms with van der Waals surface area (Å²) < 4.78 is 2.26. The maximum atomic E-state index is 5.83. The van der Waals surface area contributed by atoms with Crippen LogP contribution in [0.15, 0.2) is 91.3 Å². The van der Waals surface area contributed by atoms with E-state index in [9.17, 15) is 0 Å². The van der Waals surface area contributed by atoms with Gasteiger partial charge in [-0.1, -0.05) is 30.3 Å². The van der Waals surface area contributed by atoms with Crippen molar-refractivity contribution in [2.24, 2.45) is 0 Å². The molecule has 2 atom stereocenters. The third-order valence-electron chi connectivity index (χ3n) is 5.98. The van der Waals surface area contributed by atoms with Crippen molar-refractivity contribution in [3.8, 4) is 5.69 Å². The number of hydrogen-bond acceptors (Lipinski definition) is 2. The third kappa shape index (κ3) is 3.51. The first-order valence-electron chi connectivity index (χ1n) is 10.4. The number of rotatable bonds is 4. The zero-order chi connectivity index (χ0) is 21.4. The molecule has 0 radical (unpaired) electrons. The van der Waals surface area contributed by atoms with Crippen LogP contribution in [-0.4, -0.2) is 14.7 Å². The molecule has 1 saturated heterocycles. The first-order chi connectivity index (χ1) is 15.1. The number of aromatic nitrogens is 2. The largest absolute Gasteiger partial charge is 0.351 e. The molecule has 154 valence electrons. The van der Waals surface area contributed by atoms with Crippen LogP contribution in [0.2, 0.25) is 0 Å². The SMILES string of the molecule is Cc1ccc(-n2cccc2C2C(c3ccccn3)NC(=S)N2c2ccccc2)cc1C. The van der Waals surface area contributed by atoms with Crippen molar-refractivity contribution >= 4 is 23.0 Å². The Morgan fingerprint density at radius 3 is 2.39 bits per heavy atom. The second-order valence-electron chi connectivity index (χ2n) is 7.90. The molecule has 0 amide bonds. The third-order valence-corrected chi connectivity index (χ3v) is 6.30. The number of thiocarbonyl (C=S) groups is 1. The molecule has 1 fully saturated rings. The first kappa shape index (κ1) is 19.5. The molecule has 3 heterocycles. The van der Waals surface area contributed by atoms with Gasteiger partial charge in [0.1, 0.15) is 6.04 Å². The molecule has 0 spiro atoms. The van der Waals surface area contributed by atoms with E-state index >= 15 is 0 Å². The Morgan fingerprint density at radius 1 is 0.839 bits per heavy atom. The summed E-state index contributed by atoms with van der Waals surface area (Å²) in [5.41, 5.74) is 6.91. The van der Waals surface area contributed by atoms with Crippen LogP contribution < -0.4 is 10.2 Å². The number of nitrogens with zero attached hydrogens (tertiary/aromatic N) is 3. The number of anilines is 1. The first-order valence-corrected chi connectivity index (χ1v) is 10.8. The Hall–Kier alpha value is -3.44. The molecule has 2 aromatic carbocycles. The Labute approximate surface area is 188 Å². The number of benzene rings is 2. The normalized spacial score (nSPS) is 18.3. The van der Waals surface area contributed by atoms with Gasteiger partial charge in [-0.15, -0.1) is 0 Å². The summed E-state index contributed by atoms with van der Waals surface area (Å²) in [5, 5.41) is 4.25. The van der Waals surface area contributed by atoms with E-state index in [-0.39, 0.29) is 12.1 Å². The molecular weight excluding hydrogens is 400 g/mol. The predicted octanol–water partition coefficient (Wildman–Crippen LogP) is 5.67. The zero-order valence-electron chi connectivity index (χ0n) is 17.6. The monoisotopic (exact) mass is 424 g/mol.